The van der Waals surface area contributed by atoms with Gasteiger partial charge in [0.1, 0.15) is 24.6 Å². The van der Waals surface area contributed by atoms with Gasteiger partial charge in [0, 0.05) is 4.47 Å². The Bertz CT molecular complexity index is 951. The fourth-order valence-corrected chi connectivity index (χ4v) is 3.69. The first-order valence-corrected chi connectivity index (χ1v) is 9.16. The number of carbonyl (C=O) groups excluding carboxylic acids is 2. The Labute approximate surface area is 163 Å². The lowest BCUT2D eigenvalue weighted by Gasteiger charge is -2.25. The quantitative estimate of drug-likeness (QED) is 0.752. The number of rotatable bonds is 3. The van der Waals surface area contributed by atoms with Gasteiger partial charge in [0.15, 0.2) is 11.5 Å². The van der Waals surface area contributed by atoms with Crippen molar-refractivity contribution in [2.24, 2.45) is 0 Å². The number of fused-ring (bicyclic) bond motifs is 1. The summed E-state index contributed by atoms with van der Waals surface area (Å²) in [5.41, 5.74) is 0.0106. The fraction of sp³-hybridized carbons (Fsp3) is 0.263. The normalized spacial score (nSPS) is 21.4. The van der Waals surface area contributed by atoms with Crippen molar-refractivity contribution in [1.29, 1.82) is 0 Å². The van der Waals surface area contributed by atoms with E-state index in [-0.39, 0.29) is 12.5 Å². The summed E-state index contributed by atoms with van der Waals surface area (Å²) in [6.07, 6.45) is 0. The van der Waals surface area contributed by atoms with Crippen molar-refractivity contribution >= 4 is 27.9 Å². The molecular formula is C19H16BrFN2O4. The minimum Gasteiger partial charge on any atom is -0.486 e. The molecule has 4 rings (SSSR count). The molecule has 3 amide bonds. The molecule has 6 nitrogen and oxygen atoms in total. The highest BCUT2D eigenvalue weighted by molar-refractivity contribution is 9.10. The van der Waals surface area contributed by atoms with Crippen molar-refractivity contribution in [1.82, 2.24) is 10.2 Å². The molecule has 2 aliphatic heterocycles. The Morgan fingerprint density at radius 2 is 1.89 bits per heavy atom. The van der Waals surface area contributed by atoms with E-state index in [4.69, 9.17) is 9.47 Å². The summed E-state index contributed by atoms with van der Waals surface area (Å²) in [6.45, 7) is 2.59. The lowest BCUT2D eigenvalue weighted by Crippen LogP contribution is -2.41. The highest BCUT2D eigenvalue weighted by Crippen LogP contribution is 2.37. The smallest absolute Gasteiger partial charge is 0.325 e. The van der Waals surface area contributed by atoms with Crippen molar-refractivity contribution in [3.63, 3.8) is 0 Å². The standard InChI is InChI=1S/C19H16BrFN2O4/c1-19(12-3-5-15-16(8-12)27-7-6-26-15)17(24)23(18(25)22-19)10-11-2-4-13(21)9-14(11)20/h2-5,8-9H,6-7,10H2,1H3,(H,22,25). The van der Waals surface area contributed by atoms with Gasteiger partial charge in [-0.1, -0.05) is 28.1 Å². The Morgan fingerprint density at radius 1 is 1.15 bits per heavy atom. The van der Waals surface area contributed by atoms with Gasteiger partial charge in [-0.3, -0.25) is 9.69 Å². The molecule has 0 aromatic heterocycles. The second-order valence-electron chi connectivity index (χ2n) is 6.54. The van der Waals surface area contributed by atoms with E-state index < -0.39 is 17.4 Å². The number of amides is 3. The molecule has 0 radical (unpaired) electrons. The molecule has 1 fully saturated rings. The minimum atomic E-state index is -1.22. The molecule has 0 saturated carbocycles. The topological polar surface area (TPSA) is 67.9 Å². The van der Waals surface area contributed by atoms with Crippen LogP contribution in [0.3, 0.4) is 0 Å². The van der Waals surface area contributed by atoms with E-state index in [0.29, 0.717) is 40.3 Å². The molecule has 1 N–H and O–H groups in total. The monoisotopic (exact) mass is 434 g/mol. The van der Waals surface area contributed by atoms with Gasteiger partial charge in [-0.2, -0.15) is 0 Å². The van der Waals surface area contributed by atoms with Gasteiger partial charge in [-0.05, 0) is 42.3 Å². The second-order valence-corrected chi connectivity index (χ2v) is 7.39. The van der Waals surface area contributed by atoms with E-state index in [2.05, 4.69) is 21.2 Å². The number of carbonyl (C=O) groups is 2. The van der Waals surface area contributed by atoms with Crippen molar-refractivity contribution < 1.29 is 23.5 Å². The maximum atomic E-state index is 13.3. The predicted octanol–water partition coefficient (Wildman–Crippen LogP) is 3.33. The number of halogens is 2. The molecule has 140 valence electrons. The van der Waals surface area contributed by atoms with Gasteiger partial charge in [0.2, 0.25) is 0 Å². The maximum Gasteiger partial charge on any atom is 0.325 e. The number of imide groups is 1. The van der Waals surface area contributed by atoms with Gasteiger partial charge in [-0.15, -0.1) is 0 Å². The Kier molecular flexibility index (Phi) is 4.30. The Hall–Kier alpha value is -2.61. The zero-order valence-electron chi connectivity index (χ0n) is 14.4. The summed E-state index contributed by atoms with van der Waals surface area (Å²) in [5.74, 6) is 0.364. The van der Waals surface area contributed by atoms with Crippen LogP contribution in [-0.2, 0) is 16.9 Å². The van der Waals surface area contributed by atoms with E-state index in [1.165, 1.54) is 12.1 Å². The molecule has 27 heavy (non-hydrogen) atoms. The molecule has 0 bridgehead atoms. The van der Waals surface area contributed by atoms with Gasteiger partial charge in [0.25, 0.3) is 5.91 Å². The molecule has 1 atom stereocenters. The molecular weight excluding hydrogens is 419 g/mol. The van der Waals surface area contributed by atoms with Crippen LogP contribution in [0.5, 0.6) is 11.5 Å². The van der Waals surface area contributed by atoms with Crippen molar-refractivity contribution in [3.8, 4) is 11.5 Å². The Balaban J connectivity index is 1.63. The average Bonchev–Trinajstić information content (AvgIpc) is 2.87. The van der Waals surface area contributed by atoms with Crippen LogP contribution in [0, 0.1) is 5.82 Å². The maximum absolute atomic E-state index is 13.3. The SMILES string of the molecule is CC1(c2ccc3c(c2)OCCO3)NC(=O)N(Cc2ccc(F)cc2Br)C1=O. The van der Waals surface area contributed by atoms with Crippen LogP contribution in [-0.4, -0.2) is 30.1 Å². The van der Waals surface area contributed by atoms with Crippen molar-refractivity contribution in [2.75, 3.05) is 13.2 Å². The van der Waals surface area contributed by atoms with Crippen LogP contribution in [0.4, 0.5) is 9.18 Å². The molecule has 0 spiro atoms. The van der Waals surface area contributed by atoms with Gasteiger partial charge in [-0.25, -0.2) is 9.18 Å². The molecule has 1 saturated heterocycles. The van der Waals surface area contributed by atoms with Crippen LogP contribution >= 0.6 is 15.9 Å². The van der Waals surface area contributed by atoms with Gasteiger partial charge >= 0.3 is 6.03 Å². The lowest BCUT2D eigenvalue weighted by molar-refractivity contribution is -0.131. The largest absolute Gasteiger partial charge is 0.486 e. The van der Waals surface area contributed by atoms with Crippen molar-refractivity contribution in [2.45, 2.75) is 19.0 Å². The number of hydrogen-bond donors (Lipinski definition) is 1. The number of urea groups is 1. The van der Waals surface area contributed by atoms with E-state index >= 15 is 0 Å². The first-order chi connectivity index (χ1) is 12.9. The summed E-state index contributed by atoms with van der Waals surface area (Å²) in [7, 11) is 0. The van der Waals surface area contributed by atoms with Crippen LogP contribution in [0.15, 0.2) is 40.9 Å². The summed E-state index contributed by atoms with van der Waals surface area (Å²) in [4.78, 5) is 26.7. The molecule has 2 aromatic rings. The Morgan fingerprint density at radius 3 is 2.63 bits per heavy atom. The van der Waals surface area contributed by atoms with E-state index in [9.17, 15) is 14.0 Å². The van der Waals surface area contributed by atoms with Crippen LogP contribution < -0.4 is 14.8 Å². The number of nitrogens with one attached hydrogen (secondary N) is 1. The predicted molar refractivity (Wildman–Crippen MR) is 98.0 cm³/mol. The highest BCUT2D eigenvalue weighted by atomic mass is 79.9. The zero-order valence-corrected chi connectivity index (χ0v) is 16.0. The van der Waals surface area contributed by atoms with Crippen LogP contribution in [0.2, 0.25) is 0 Å². The summed E-state index contributed by atoms with van der Waals surface area (Å²) >= 11 is 3.27. The number of nitrogens with zero attached hydrogens (tertiary/aromatic N) is 1. The van der Waals surface area contributed by atoms with Gasteiger partial charge in [0.05, 0.1) is 6.54 Å². The summed E-state index contributed by atoms with van der Waals surface area (Å²) in [5, 5.41) is 2.76. The van der Waals surface area contributed by atoms with E-state index in [1.807, 2.05) is 0 Å². The average molecular weight is 435 g/mol. The third kappa shape index (κ3) is 3.03. The fourth-order valence-electron chi connectivity index (χ4n) is 3.21. The molecule has 8 heteroatoms. The molecule has 2 aromatic carbocycles. The molecule has 1 unspecified atom stereocenters. The summed E-state index contributed by atoms with van der Waals surface area (Å²) in [6, 6.07) is 8.81. The molecule has 2 aliphatic rings. The number of ether oxygens (including phenoxy) is 2. The zero-order chi connectivity index (χ0) is 19.2. The van der Waals surface area contributed by atoms with Crippen molar-refractivity contribution in [3.05, 3.63) is 57.8 Å². The van der Waals surface area contributed by atoms with E-state index in [0.717, 1.165) is 4.90 Å². The van der Waals surface area contributed by atoms with Crippen LogP contribution in [0.1, 0.15) is 18.1 Å². The third-order valence-corrected chi connectivity index (χ3v) is 5.48. The number of benzene rings is 2. The first kappa shape index (κ1) is 17.8. The highest BCUT2D eigenvalue weighted by Gasteiger charge is 2.49. The molecule has 2 heterocycles. The summed E-state index contributed by atoms with van der Waals surface area (Å²) < 4.78 is 24.9. The van der Waals surface area contributed by atoms with Gasteiger partial charge < -0.3 is 14.8 Å². The lowest BCUT2D eigenvalue weighted by atomic mass is 9.91. The van der Waals surface area contributed by atoms with Crippen LogP contribution in [0.25, 0.3) is 0 Å². The second kappa shape index (κ2) is 6.53. The van der Waals surface area contributed by atoms with E-state index in [1.54, 1.807) is 31.2 Å². The minimum absolute atomic E-state index is 0.0334. The number of hydrogen-bond acceptors (Lipinski definition) is 4. The third-order valence-electron chi connectivity index (χ3n) is 4.74. The first-order valence-electron chi connectivity index (χ1n) is 8.36. The molecule has 0 aliphatic carbocycles.